The van der Waals surface area contributed by atoms with Crippen LogP contribution in [0.25, 0.3) is 5.76 Å². The molecule has 0 radical (unpaired) electrons. The van der Waals surface area contributed by atoms with Crippen molar-refractivity contribution in [2.45, 2.75) is 31.7 Å². The van der Waals surface area contributed by atoms with Crippen molar-refractivity contribution < 1.29 is 14.3 Å². The Morgan fingerprint density at radius 3 is 2.17 bits per heavy atom. The van der Waals surface area contributed by atoms with Crippen LogP contribution in [0.1, 0.15) is 41.6 Å². The van der Waals surface area contributed by atoms with Crippen LogP contribution in [-0.4, -0.2) is 43.2 Å². The molecule has 1 atom stereocenters. The Bertz CT molecular complexity index is 817. The van der Waals surface area contributed by atoms with Crippen LogP contribution >= 0.6 is 12.4 Å². The highest BCUT2D eigenvalue weighted by Gasteiger charge is 2.30. The molecule has 0 bridgehead atoms. The SMILES string of the molecule is Cl.O=C(OC(=C1CCCCC1N1CCOCC1)c1ccccc1)c1ccccc1. The summed E-state index contributed by atoms with van der Waals surface area (Å²) < 4.78 is 11.6. The number of benzene rings is 2. The van der Waals surface area contributed by atoms with Gasteiger partial charge in [0.05, 0.1) is 18.8 Å². The van der Waals surface area contributed by atoms with Gasteiger partial charge in [0, 0.05) is 24.7 Å². The lowest BCUT2D eigenvalue weighted by molar-refractivity contribution is 0.0186. The van der Waals surface area contributed by atoms with Crippen LogP contribution in [0.2, 0.25) is 0 Å². The van der Waals surface area contributed by atoms with Crippen molar-refractivity contribution >= 4 is 24.1 Å². The first-order chi connectivity index (χ1) is 13.8. The molecule has 0 spiro atoms. The number of halogens is 1. The first-order valence-corrected chi connectivity index (χ1v) is 10.2. The molecule has 1 aliphatic heterocycles. The van der Waals surface area contributed by atoms with E-state index in [1.165, 1.54) is 12.0 Å². The topological polar surface area (TPSA) is 38.8 Å². The van der Waals surface area contributed by atoms with Gasteiger partial charge in [-0.15, -0.1) is 12.4 Å². The van der Waals surface area contributed by atoms with Gasteiger partial charge in [0.1, 0.15) is 5.76 Å². The second-order valence-electron chi connectivity index (χ2n) is 7.39. The standard InChI is InChI=1S/C24H27NO3.ClH/c26-24(20-11-5-2-6-12-20)28-23(19-9-3-1-4-10-19)21-13-7-8-14-22(21)25-15-17-27-18-16-25;/h1-6,9-12,22H,7-8,13-18H2;1H. The van der Waals surface area contributed by atoms with Crippen LogP contribution in [0, 0.1) is 0 Å². The monoisotopic (exact) mass is 413 g/mol. The summed E-state index contributed by atoms with van der Waals surface area (Å²) in [5.41, 5.74) is 2.81. The predicted molar refractivity (Wildman–Crippen MR) is 117 cm³/mol. The molecule has 5 heteroatoms. The van der Waals surface area contributed by atoms with Gasteiger partial charge >= 0.3 is 5.97 Å². The Morgan fingerprint density at radius 2 is 1.52 bits per heavy atom. The van der Waals surface area contributed by atoms with E-state index in [0.29, 0.717) is 11.6 Å². The normalized spacial score (nSPS) is 21.7. The van der Waals surface area contributed by atoms with E-state index in [1.54, 1.807) is 12.1 Å². The van der Waals surface area contributed by atoms with Crippen LogP contribution in [0.4, 0.5) is 0 Å². The summed E-state index contributed by atoms with van der Waals surface area (Å²) in [6, 6.07) is 19.6. The summed E-state index contributed by atoms with van der Waals surface area (Å²) >= 11 is 0. The van der Waals surface area contributed by atoms with E-state index in [1.807, 2.05) is 48.5 Å². The summed E-state index contributed by atoms with van der Waals surface area (Å²) in [7, 11) is 0. The van der Waals surface area contributed by atoms with E-state index in [4.69, 9.17) is 9.47 Å². The zero-order chi connectivity index (χ0) is 19.2. The molecule has 2 aromatic rings. The molecule has 2 aliphatic rings. The zero-order valence-electron chi connectivity index (χ0n) is 16.6. The number of hydrogen-bond donors (Lipinski definition) is 0. The van der Waals surface area contributed by atoms with E-state index < -0.39 is 0 Å². The number of hydrogen-bond acceptors (Lipinski definition) is 4. The molecule has 0 amide bonds. The lowest BCUT2D eigenvalue weighted by Crippen LogP contribution is -2.45. The second-order valence-corrected chi connectivity index (χ2v) is 7.39. The molecule has 1 aliphatic carbocycles. The predicted octanol–water partition coefficient (Wildman–Crippen LogP) is 4.95. The van der Waals surface area contributed by atoms with Gasteiger partial charge in [-0.3, -0.25) is 4.90 Å². The molecule has 1 heterocycles. The maximum atomic E-state index is 12.9. The van der Waals surface area contributed by atoms with Gasteiger partial charge in [-0.2, -0.15) is 0 Å². The van der Waals surface area contributed by atoms with Crippen molar-refractivity contribution in [1.82, 2.24) is 4.90 Å². The number of carbonyl (C=O) groups excluding carboxylic acids is 1. The molecule has 4 nitrogen and oxygen atoms in total. The molecular formula is C24H28ClNO3. The van der Waals surface area contributed by atoms with E-state index in [-0.39, 0.29) is 18.4 Å². The largest absolute Gasteiger partial charge is 0.422 e. The number of nitrogens with zero attached hydrogens (tertiary/aromatic N) is 1. The smallest absolute Gasteiger partial charge is 0.343 e. The summed E-state index contributed by atoms with van der Waals surface area (Å²) in [5, 5.41) is 0. The minimum atomic E-state index is -0.293. The number of esters is 1. The van der Waals surface area contributed by atoms with Gasteiger partial charge < -0.3 is 9.47 Å². The van der Waals surface area contributed by atoms with Crippen LogP contribution < -0.4 is 0 Å². The fraction of sp³-hybridized carbons (Fsp3) is 0.375. The molecule has 2 aromatic carbocycles. The van der Waals surface area contributed by atoms with Crippen molar-refractivity contribution in [2.24, 2.45) is 0 Å². The third kappa shape index (κ3) is 5.27. The Hall–Kier alpha value is -2.14. The Labute approximate surface area is 178 Å². The summed E-state index contributed by atoms with van der Waals surface area (Å²) in [6.07, 6.45) is 4.42. The summed E-state index contributed by atoms with van der Waals surface area (Å²) in [6.45, 7) is 3.41. The number of ether oxygens (including phenoxy) is 2. The fourth-order valence-corrected chi connectivity index (χ4v) is 4.18. The van der Waals surface area contributed by atoms with E-state index in [0.717, 1.165) is 56.9 Å². The van der Waals surface area contributed by atoms with Gasteiger partial charge in [-0.25, -0.2) is 4.79 Å². The molecule has 0 aromatic heterocycles. The van der Waals surface area contributed by atoms with E-state index in [9.17, 15) is 4.79 Å². The Kier molecular flexibility index (Phi) is 7.87. The maximum absolute atomic E-state index is 12.9. The summed E-state index contributed by atoms with van der Waals surface area (Å²) in [5.74, 6) is 0.448. The summed E-state index contributed by atoms with van der Waals surface area (Å²) in [4.78, 5) is 15.4. The minimum Gasteiger partial charge on any atom is -0.422 e. The van der Waals surface area contributed by atoms with Gasteiger partial charge in [0.25, 0.3) is 0 Å². The van der Waals surface area contributed by atoms with Gasteiger partial charge in [-0.1, -0.05) is 55.0 Å². The van der Waals surface area contributed by atoms with Gasteiger partial charge in [-0.05, 0) is 37.0 Å². The van der Waals surface area contributed by atoms with E-state index >= 15 is 0 Å². The number of carbonyl (C=O) groups is 1. The minimum absolute atomic E-state index is 0. The molecule has 1 saturated carbocycles. The highest BCUT2D eigenvalue weighted by molar-refractivity contribution is 5.93. The first-order valence-electron chi connectivity index (χ1n) is 10.2. The molecule has 0 N–H and O–H groups in total. The lowest BCUT2D eigenvalue weighted by Gasteiger charge is -2.39. The fourth-order valence-electron chi connectivity index (χ4n) is 4.18. The highest BCUT2D eigenvalue weighted by atomic mass is 35.5. The van der Waals surface area contributed by atoms with Crippen molar-refractivity contribution in [1.29, 1.82) is 0 Å². The van der Waals surface area contributed by atoms with Crippen molar-refractivity contribution in [2.75, 3.05) is 26.3 Å². The van der Waals surface area contributed by atoms with Crippen LogP contribution in [0.5, 0.6) is 0 Å². The molecule has 154 valence electrons. The molecule has 29 heavy (non-hydrogen) atoms. The van der Waals surface area contributed by atoms with Crippen LogP contribution in [0.3, 0.4) is 0 Å². The molecular weight excluding hydrogens is 386 g/mol. The quantitative estimate of drug-likeness (QED) is 0.525. The molecule has 1 saturated heterocycles. The highest BCUT2D eigenvalue weighted by Crippen LogP contribution is 2.35. The van der Waals surface area contributed by atoms with Gasteiger partial charge in [0.2, 0.25) is 0 Å². The Morgan fingerprint density at radius 1 is 0.897 bits per heavy atom. The van der Waals surface area contributed by atoms with Crippen molar-refractivity contribution in [3.05, 3.63) is 77.4 Å². The molecule has 2 fully saturated rings. The lowest BCUT2D eigenvalue weighted by atomic mass is 9.86. The van der Waals surface area contributed by atoms with Crippen LogP contribution in [-0.2, 0) is 9.47 Å². The average Bonchev–Trinajstić information content (AvgIpc) is 2.79. The van der Waals surface area contributed by atoms with Crippen molar-refractivity contribution in [3.8, 4) is 0 Å². The van der Waals surface area contributed by atoms with Crippen LogP contribution in [0.15, 0.2) is 66.2 Å². The zero-order valence-corrected chi connectivity index (χ0v) is 17.4. The molecule has 4 rings (SSSR count). The van der Waals surface area contributed by atoms with E-state index in [2.05, 4.69) is 4.90 Å². The van der Waals surface area contributed by atoms with Gasteiger partial charge in [0.15, 0.2) is 0 Å². The first kappa shape index (κ1) is 21.6. The molecule has 1 unspecified atom stereocenters. The third-order valence-electron chi connectivity index (χ3n) is 5.59. The number of morpholine rings is 1. The Balaban J connectivity index is 0.00000240. The maximum Gasteiger partial charge on any atom is 0.343 e. The van der Waals surface area contributed by atoms with Crippen molar-refractivity contribution in [3.63, 3.8) is 0 Å². The average molecular weight is 414 g/mol. The number of rotatable bonds is 4. The second kappa shape index (κ2) is 10.6. The third-order valence-corrected chi connectivity index (χ3v) is 5.59.